The van der Waals surface area contributed by atoms with Crippen molar-refractivity contribution in [1.29, 1.82) is 0 Å². The number of ether oxygens (including phenoxy) is 1. The number of carbonyl (C=O) groups excluding carboxylic acids is 3. The molecule has 0 aliphatic carbocycles. The molecular weight excluding hydrogens is 200 g/mol. The molecule has 0 aromatic heterocycles. The number of hydrogen-bond donors (Lipinski definition) is 2. The van der Waals surface area contributed by atoms with E-state index in [1.807, 2.05) is 0 Å². The fourth-order valence-electron chi connectivity index (χ4n) is 1.33. The van der Waals surface area contributed by atoms with Crippen molar-refractivity contribution in [2.45, 2.75) is 38.5 Å². The van der Waals surface area contributed by atoms with Gasteiger partial charge < -0.3 is 10.1 Å². The van der Waals surface area contributed by atoms with Crippen molar-refractivity contribution < 1.29 is 19.1 Å². The third-order valence-corrected chi connectivity index (χ3v) is 1.90. The van der Waals surface area contributed by atoms with Crippen molar-refractivity contribution in [1.82, 2.24) is 5.32 Å². The standard InChI is InChI=1S/C9H14N2O4/c1-5(2)15-8(14)9(10)4-6(12)3-7(13)11-9/h5H,3-4,10H2,1-2H3,(H,11,13)/t9-/m1/s1. The van der Waals surface area contributed by atoms with Crippen molar-refractivity contribution in [3.63, 3.8) is 0 Å². The molecule has 6 nitrogen and oxygen atoms in total. The second kappa shape index (κ2) is 3.98. The molecule has 1 rings (SSSR count). The first kappa shape index (κ1) is 11.6. The van der Waals surface area contributed by atoms with Crippen LogP contribution in [0, 0.1) is 0 Å². The van der Waals surface area contributed by atoms with Crippen LogP contribution >= 0.6 is 0 Å². The normalized spacial score (nSPS) is 26.4. The lowest BCUT2D eigenvalue weighted by molar-refractivity contribution is -0.161. The third kappa shape index (κ3) is 2.76. The molecule has 1 aliphatic heterocycles. The first-order valence-corrected chi connectivity index (χ1v) is 4.66. The van der Waals surface area contributed by atoms with Crippen LogP contribution in [0.15, 0.2) is 0 Å². The van der Waals surface area contributed by atoms with E-state index in [2.05, 4.69) is 5.32 Å². The quantitative estimate of drug-likeness (QED) is 0.457. The molecule has 0 aromatic rings. The lowest BCUT2D eigenvalue weighted by atomic mass is 9.97. The first-order valence-electron chi connectivity index (χ1n) is 4.66. The molecule has 0 aromatic carbocycles. The molecule has 1 heterocycles. The van der Waals surface area contributed by atoms with Gasteiger partial charge in [0.1, 0.15) is 5.78 Å². The third-order valence-electron chi connectivity index (χ3n) is 1.90. The molecule has 0 unspecified atom stereocenters. The Balaban J connectivity index is 2.76. The van der Waals surface area contributed by atoms with Crippen LogP contribution in [0.1, 0.15) is 26.7 Å². The van der Waals surface area contributed by atoms with Gasteiger partial charge in [-0.2, -0.15) is 0 Å². The van der Waals surface area contributed by atoms with Gasteiger partial charge in [0, 0.05) is 0 Å². The maximum Gasteiger partial charge on any atom is 0.347 e. The summed E-state index contributed by atoms with van der Waals surface area (Å²) in [6, 6.07) is 0. The van der Waals surface area contributed by atoms with E-state index >= 15 is 0 Å². The van der Waals surface area contributed by atoms with E-state index in [9.17, 15) is 14.4 Å². The van der Waals surface area contributed by atoms with E-state index < -0.39 is 17.5 Å². The largest absolute Gasteiger partial charge is 0.460 e. The summed E-state index contributed by atoms with van der Waals surface area (Å²) in [5.41, 5.74) is 3.91. The monoisotopic (exact) mass is 214 g/mol. The number of esters is 1. The molecule has 1 saturated heterocycles. The summed E-state index contributed by atoms with van der Waals surface area (Å²) in [7, 11) is 0. The molecule has 0 spiro atoms. The molecule has 1 atom stereocenters. The summed E-state index contributed by atoms with van der Waals surface area (Å²) in [5.74, 6) is -1.68. The lowest BCUT2D eigenvalue weighted by Crippen LogP contribution is -2.66. The Bertz CT molecular complexity index is 295. The number of Topliss-reactive ketones (excluding diaryl/α,β-unsaturated/α-hetero) is 1. The van der Waals surface area contributed by atoms with Crippen molar-refractivity contribution in [2.75, 3.05) is 0 Å². The van der Waals surface area contributed by atoms with Gasteiger partial charge in [0.25, 0.3) is 0 Å². The molecule has 1 amide bonds. The van der Waals surface area contributed by atoms with E-state index in [1.54, 1.807) is 13.8 Å². The molecule has 0 saturated carbocycles. The van der Waals surface area contributed by atoms with Gasteiger partial charge in [-0.05, 0) is 13.8 Å². The van der Waals surface area contributed by atoms with E-state index in [-0.39, 0.29) is 24.7 Å². The summed E-state index contributed by atoms with van der Waals surface area (Å²) >= 11 is 0. The molecule has 1 aliphatic rings. The lowest BCUT2D eigenvalue weighted by Gasteiger charge is -2.31. The van der Waals surface area contributed by atoms with Crippen LogP contribution in [0.4, 0.5) is 0 Å². The topological polar surface area (TPSA) is 98.5 Å². The van der Waals surface area contributed by atoms with E-state index in [0.29, 0.717) is 0 Å². The van der Waals surface area contributed by atoms with Crippen LogP contribution < -0.4 is 11.1 Å². The molecular formula is C9H14N2O4. The molecule has 1 fully saturated rings. The SMILES string of the molecule is CC(C)OC(=O)[C@@]1(N)CC(=O)CC(=O)N1. The summed E-state index contributed by atoms with van der Waals surface area (Å²) in [5, 5.41) is 2.27. The van der Waals surface area contributed by atoms with Crippen molar-refractivity contribution in [3.8, 4) is 0 Å². The smallest absolute Gasteiger partial charge is 0.347 e. The summed E-state index contributed by atoms with van der Waals surface area (Å²) in [6.45, 7) is 3.32. The Hall–Kier alpha value is -1.43. The second-order valence-electron chi connectivity index (χ2n) is 3.87. The number of nitrogens with one attached hydrogen (secondary N) is 1. The Morgan fingerprint density at radius 3 is 2.60 bits per heavy atom. The average molecular weight is 214 g/mol. The Morgan fingerprint density at radius 1 is 1.53 bits per heavy atom. The van der Waals surface area contributed by atoms with Crippen molar-refractivity contribution in [2.24, 2.45) is 5.73 Å². The summed E-state index contributed by atoms with van der Waals surface area (Å²) < 4.78 is 4.86. The van der Waals surface area contributed by atoms with Crippen molar-refractivity contribution >= 4 is 17.7 Å². The van der Waals surface area contributed by atoms with Gasteiger partial charge in [-0.25, -0.2) is 4.79 Å². The van der Waals surface area contributed by atoms with Gasteiger partial charge in [0.05, 0.1) is 18.9 Å². The number of amides is 1. The number of hydrogen-bond acceptors (Lipinski definition) is 5. The molecule has 15 heavy (non-hydrogen) atoms. The van der Waals surface area contributed by atoms with E-state index in [1.165, 1.54) is 0 Å². The maximum absolute atomic E-state index is 11.5. The maximum atomic E-state index is 11.5. The number of carbonyl (C=O) groups is 3. The Morgan fingerprint density at radius 2 is 2.13 bits per heavy atom. The fraction of sp³-hybridized carbons (Fsp3) is 0.667. The van der Waals surface area contributed by atoms with Gasteiger partial charge >= 0.3 is 5.97 Å². The van der Waals surface area contributed by atoms with Crippen molar-refractivity contribution in [3.05, 3.63) is 0 Å². The summed E-state index contributed by atoms with van der Waals surface area (Å²) in [6.07, 6.45) is -0.787. The van der Waals surface area contributed by atoms with Gasteiger partial charge in [0.15, 0.2) is 5.66 Å². The molecule has 3 N–H and O–H groups in total. The minimum absolute atomic E-state index is 0.218. The van der Waals surface area contributed by atoms with Gasteiger partial charge in [0.2, 0.25) is 5.91 Å². The Kier molecular flexibility index (Phi) is 3.09. The number of piperidine rings is 1. The number of nitrogens with two attached hydrogens (primary N) is 1. The minimum Gasteiger partial charge on any atom is -0.460 e. The Labute approximate surface area is 87.1 Å². The van der Waals surface area contributed by atoms with Crippen LogP contribution in [0.2, 0.25) is 0 Å². The molecule has 84 valence electrons. The van der Waals surface area contributed by atoms with Crippen LogP contribution in [0.5, 0.6) is 0 Å². The first-order chi connectivity index (χ1) is 6.83. The van der Waals surface area contributed by atoms with Crippen LogP contribution in [0.25, 0.3) is 0 Å². The van der Waals surface area contributed by atoms with Crippen LogP contribution in [0.3, 0.4) is 0 Å². The highest BCUT2D eigenvalue weighted by Gasteiger charge is 2.43. The predicted molar refractivity (Wildman–Crippen MR) is 50.5 cm³/mol. The van der Waals surface area contributed by atoms with Gasteiger partial charge in [-0.1, -0.05) is 0 Å². The number of ketones is 1. The zero-order chi connectivity index (χ0) is 11.6. The minimum atomic E-state index is -1.70. The van der Waals surface area contributed by atoms with Gasteiger partial charge in [-0.15, -0.1) is 0 Å². The number of rotatable bonds is 2. The molecule has 0 bridgehead atoms. The molecule has 6 heteroatoms. The highest BCUT2D eigenvalue weighted by atomic mass is 16.5. The van der Waals surface area contributed by atoms with Crippen LogP contribution in [-0.4, -0.2) is 29.4 Å². The average Bonchev–Trinajstić information content (AvgIpc) is 1.99. The fourth-order valence-corrected chi connectivity index (χ4v) is 1.33. The highest BCUT2D eigenvalue weighted by Crippen LogP contribution is 2.14. The zero-order valence-electron chi connectivity index (χ0n) is 8.70. The van der Waals surface area contributed by atoms with Crippen LogP contribution in [-0.2, 0) is 19.1 Å². The van der Waals surface area contributed by atoms with Gasteiger partial charge in [-0.3, -0.25) is 15.3 Å². The van der Waals surface area contributed by atoms with E-state index in [0.717, 1.165) is 0 Å². The highest BCUT2D eigenvalue weighted by molar-refractivity contribution is 6.05. The second-order valence-corrected chi connectivity index (χ2v) is 3.87. The predicted octanol–water partition coefficient (Wildman–Crippen LogP) is -0.928. The summed E-state index contributed by atoms with van der Waals surface area (Å²) in [4.78, 5) is 33.7. The molecule has 0 radical (unpaired) electrons. The zero-order valence-corrected chi connectivity index (χ0v) is 8.70. The van der Waals surface area contributed by atoms with E-state index in [4.69, 9.17) is 10.5 Å².